The monoisotopic (exact) mass is 206 g/mol. The predicted molar refractivity (Wildman–Crippen MR) is 65.8 cm³/mol. The largest absolute Gasteiger partial charge is 0.328 e. The second-order valence-corrected chi connectivity index (χ2v) is 4.44. The van der Waals surface area contributed by atoms with Crippen molar-refractivity contribution in [3.8, 4) is 0 Å². The lowest BCUT2D eigenvalue weighted by atomic mass is 9.99. The maximum Gasteiger partial charge on any atom is 0.0342 e. The first-order valence-electron chi connectivity index (χ1n) is 5.58. The van der Waals surface area contributed by atoms with Crippen LogP contribution in [0, 0.1) is 0 Å². The van der Waals surface area contributed by atoms with Crippen molar-refractivity contribution in [1.29, 1.82) is 0 Å². The van der Waals surface area contributed by atoms with Gasteiger partial charge in [0.25, 0.3) is 0 Å². The minimum absolute atomic E-state index is 0.288. The molecule has 0 aromatic heterocycles. The molecule has 1 aromatic rings. The fourth-order valence-corrected chi connectivity index (χ4v) is 1.82. The molecule has 2 nitrogen and oxygen atoms in total. The van der Waals surface area contributed by atoms with Gasteiger partial charge >= 0.3 is 0 Å². The molecule has 2 atom stereocenters. The maximum absolute atomic E-state index is 5.80. The van der Waals surface area contributed by atoms with E-state index in [9.17, 15) is 0 Å². The number of nitrogens with zero attached hydrogens (tertiary/aromatic N) is 1. The zero-order valence-corrected chi connectivity index (χ0v) is 9.98. The molecule has 1 aromatic carbocycles. The molecule has 84 valence electrons. The Balaban J connectivity index is 2.66. The zero-order chi connectivity index (χ0) is 11.3. The van der Waals surface area contributed by atoms with Crippen molar-refractivity contribution in [2.45, 2.75) is 31.8 Å². The summed E-state index contributed by atoms with van der Waals surface area (Å²) < 4.78 is 0. The SMILES string of the molecule is CC(N)CCC(c1ccccc1)N(C)C. The van der Waals surface area contributed by atoms with Gasteiger partial charge in [-0.2, -0.15) is 0 Å². The van der Waals surface area contributed by atoms with Gasteiger partial charge in [-0.15, -0.1) is 0 Å². The number of hydrogen-bond donors (Lipinski definition) is 1. The fourth-order valence-electron chi connectivity index (χ4n) is 1.82. The van der Waals surface area contributed by atoms with Gasteiger partial charge in [0.2, 0.25) is 0 Å². The maximum atomic E-state index is 5.80. The highest BCUT2D eigenvalue weighted by atomic mass is 15.1. The van der Waals surface area contributed by atoms with E-state index in [0.29, 0.717) is 6.04 Å². The first kappa shape index (κ1) is 12.2. The van der Waals surface area contributed by atoms with E-state index in [2.05, 4.69) is 56.3 Å². The van der Waals surface area contributed by atoms with Crippen molar-refractivity contribution < 1.29 is 0 Å². The van der Waals surface area contributed by atoms with Crippen LogP contribution in [0.2, 0.25) is 0 Å². The first-order valence-corrected chi connectivity index (χ1v) is 5.58. The Bertz CT molecular complexity index is 267. The Morgan fingerprint density at radius 3 is 2.20 bits per heavy atom. The lowest BCUT2D eigenvalue weighted by Gasteiger charge is -2.25. The number of benzene rings is 1. The average molecular weight is 206 g/mol. The van der Waals surface area contributed by atoms with E-state index in [1.54, 1.807) is 0 Å². The van der Waals surface area contributed by atoms with Gasteiger partial charge in [0.05, 0.1) is 0 Å². The Morgan fingerprint density at radius 1 is 1.13 bits per heavy atom. The van der Waals surface area contributed by atoms with Crippen LogP contribution >= 0.6 is 0 Å². The lowest BCUT2D eigenvalue weighted by Crippen LogP contribution is -2.23. The molecule has 0 heterocycles. The molecule has 0 saturated heterocycles. The summed E-state index contributed by atoms with van der Waals surface area (Å²) >= 11 is 0. The molecule has 0 radical (unpaired) electrons. The first-order chi connectivity index (χ1) is 7.11. The van der Waals surface area contributed by atoms with Crippen molar-refractivity contribution in [3.63, 3.8) is 0 Å². The van der Waals surface area contributed by atoms with Crippen LogP contribution in [0.5, 0.6) is 0 Å². The fraction of sp³-hybridized carbons (Fsp3) is 0.538. The van der Waals surface area contributed by atoms with Crippen LogP contribution in [0.3, 0.4) is 0 Å². The molecule has 1 rings (SSSR count). The third-order valence-electron chi connectivity index (χ3n) is 2.70. The Kier molecular flexibility index (Phi) is 4.79. The smallest absolute Gasteiger partial charge is 0.0342 e. The highest BCUT2D eigenvalue weighted by Gasteiger charge is 2.13. The normalized spacial score (nSPS) is 15.3. The Hall–Kier alpha value is -0.860. The third-order valence-corrected chi connectivity index (χ3v) is 2.70. The molecule has 0 aliphatic rings. The number of rotatable bonds is 5. The van der Waals surface area contributed by atoms with Crippen molar-refractivity contribution in [1.82, 2.24) is 4.90 Å². The average Bonchev–Trinajstić information content (AvgIpc) is 2.18. The molecule has 2 unspecified atom stereocenters. The molecule has 0 bridgehead atoms. The molecule has 0 amide bonds. The molecule has 0 aliphatic heterocycles. The van der Waals surface area contributed by atoms with Crippen molar-refractivity contribution in [3.05, 3.63) is 35.9 Å². The van der Waals surface area contributed by atoms with Crippen LogP contribution in [-0.4, -0.2) is 25.0 Å². The minimum Gasteiger partial charge on any atom is -0.328 e. The van der Waals surface area contributed by atoms with E-state index in [4.69, 9.17) is 5.73 Å². The van der Waals surface area contributed by atoms with Crippen LogP contribution in [0.15, 0.2) is 30.3 Å². The summed E-state index contributed by atoms with van der Waals surface area (Å²) in [7, 11) is 4.25. The Labute approximate surface area is 93.1 Å². The van der Waals surface area contributed by atoms with E-state index in [1.807, 2.05) is 0 Å². The van der Waals surface area contributed by atoms with Gasteiger partial charge in [-0.1, -0.05) is 30.3 Å². The van der Waals surface area contributed by atoms with E-state index in [0.717, 1.165) is 12.8 Å². The van der Waals surface area contributed by atoms with E-state index >= 15 is 0 Å². The summed E-state index contributed by atoms with van der Waals surface area (Å²) in [4.78, 5) is 2.26. The van der Waals surface area contributed by atoms with Crippen LogP contribution < -0.4 is 5.73 Å². The Morgan fingerprint density at radius 2 is 1.73 bits per heavy atom. The third kappa shape index (κ3) is 4.02. The number of nitrogens with two attached hydrogens (primary N) is 1. The van der Waals surface area contributed by atoms with E-state index in [1.165, 1.54) is 5.56 Å². The minimum atomic E-state index is 0.288. The molecule has 2 heteroatoms. The quantitative estimate of drug-likeness (QED) is 0.801. The topological polar surface area (TPSA) is 29.3 Å². The van der Waals surface area contributed by atoms with Gasteiger partial charge in [0.1, 0.15) is 0 Å². The zero-order valence-electron chi connectivity index (χ0n) is 9.98. The van der Waals surface area contributed by atoms with Gasteiger partial charge in [0, 0.05) is 12.1 Å². The van der Waals surface area contributed by atoms with Crippen LogP contribution in [0.25, 0.3) is 0 Å². The van der Waals surface area contributed by atoms with Gasteiger partial charge in [0.15, 0.2) is 0 Å². The molecule has 15 heavy (non-hydrogen) atoms. The van der Waals surface area contributed by atoms with E-state index in [-0.39, 0.29) is 6.04 Å². The molecule has 2 N–H and O–H groups in total. The summed E-state index contributed by atoms with van der Waals surface area (Å²) in [5.41, 5.74) is 7.18. The summed E-state index contributed by atoms with van der Waals surface area (Å²) in [5, 5.41) is 0. The molecule has 0 aliphatic carbocycles. The molecular formula is C13H22N2. The van der Waals surface area contributed by atoms with Crippen molar-refractivity contribution in [2.75, 3.05) is 14.1 Å². The standard InChI is InChI=1S/C13H22N2/c1-11(14)9-10-13(15(2)3)12-7-5-4-6-8-12/h4-8,11,13H,9-10,14H2,1-3H3. The van der Waals surface area contributed by atoms with Crippen LogP contribution in [-0.2, 0) is 0 Å². The second kappa shape index (κ2) is 5.89. The lowest BCUT2D eigenvalue weighted by molar-refractivity contribution is 0.275. The van der Waals surface area contributed by atoms with Gasteiger partial charge in [-0.25, -0.2) is 0 Å². The van der Waals surface area contributed by atoms with Gasteiger partial charge in [-0.3, -0.25) is 0 Å². The highest BCUT2D eigenvalue weighted by molar-refractivity contribution is 5.18. The summed E-state index contributed by atoms with van der Waals surface area (Å²) in [6, 6.07) is 11.4. The van der Waals surface area contributed by atoms with Crippen LogP contribution in [0.1, 0.15) is 31.4 Å². The predicted octanol–water partition coefficient (Wildman–Crippen LogP) is 2.42. The van der Waals surface area contributed by atoms with Crippen LogP contribution in [0.4, 0.5) is 0 Å². The summed E-state index contributed by atoms with van der Waals surface area (Å²) in [5.74, 6) is 0. The molecule has 0 fully saturated rings. The van der Waals surface area contributed by atoms with Gasteiger partial charge < -0.3 is 10.6 Å². The summed E-state index contributed by atoms with van der Waals surface area (Å²) in [6.07, 6.45) is 2.19. The second-order valence-electron chi connectivity index (χ2n) is 4.44. The molecular weight excluding hydrogens is 184 g/mol. The van der Waals surface area contributed by atoms with E-state index < -0.39 is 0 Å². The highest BCUT2D eigenvalue weighted by Crippen LogP contribution is 2.23. The number of hydrogen-bond acceptors (Lipinski definition) is 2. The molecule has 0 spiro atoms. The van der Waals surface area contributed by atoms with Gasteiger partial charge in [-0.05, 0) is 39.4 Å². The van der Waals surface area contributed by atoms with Crippen molar-refractivity contribution >= 4 is 0 Å². The summed E-state index contributed by atoms with van der Waals surface area (Å²) in [6.45, 7) is 2.07. The van der Waals surface area contributed by atoms with Crippen molar-refractivity contribution in [2.24, 2.45) is 5.73 Å². The molecule has 0 saturated carbocycles.